The van der Waals surface area contributed by atoms with Gasteiger partial charge in [-0.15, -0.1) is 0 Å². The maximum Gasteiger partial charge on any atom is 0.339 e. The molecular weight excluding hydrogens is 552 g/mol. The molecule has 0 amide bonds. The third-order valence-corrected chi connectivity index (χ3v) is 12.0. The minimum Gasteiger partial charge on any atom is -0.454 e. The van der Waals surface area contributed by atoms with E-state index in [0.29, 0.717) is 12.0 Å². The van der Waals surface area contributed by atoms with Gasteiger partial charge in [-0.3, -0.25) is 14.4 Å². The van der Waals surface area contributed by atoms with E-state index in [1.54, 1.807) is 18.2 Å². The molecule has 6 heteroatoms. The summed E-state index contributed by atoms with van der Waals surface area (Å²) in [5, 5.41) is 18.1. The van der Waals surface area contributed by atoms with Gasteiger partial charge < -0.3 is 9.84 Å². The number of rotatable bonds is 4. The maximum absolute atomic E-state index is 13.9. The molecule has 4 aromatic rings. The number of aliphatic hydroxyl groups is 1. The Morgan fingerprint density at radius 2 is 1.64 bits per heavy atom. The highest BCUT2D eigenvalue weighted by molar-refractivity contribution is 6.26. The molecule has 0 radical (unpaired) electrons. The van der Waals surface area contributed by atoms with Crippen LogP contribution < -0.4 is 0 Å². The van der Waals surface area contributed by atoms with Crippen molar-refractivity contribution >= 4 is 55.6 Å². The fraction of sp³-hybridized carbons (Fsp3) is 0.368. The van der Waals surface area contributed by atoms with Gasteiger partial charge in [0.1, 0.15) is 11.4 Å². The number of benzene rings is 4. The largest absolute Gasteiger partial charge is 0.454 e. The molecule has 44 heavy (non-hydrogen) atoms. The highest BCUT2D eigenvalue weighted by atomic mass is 16.5. The van der Waals surface area contributed by atoms with Crippen LogP contribution in [0.5, 0.6) is 0 Å². The van der Waals surface area contributed by atoms with Crippen LogP contribution in [0.1, 0.15) is 56.3 Å². The van der Waals surface area contributed by atoms with Crippen LogP contribution in [0, 0.1) is 28.6 Å². The summed E-state index contributed by atoms with van der Waals surface area (Å²) < 4.78 is 5.63. The molecular formula is C38H34O6. The van der Waals surface area contributed by atoms with E-state index in [0.717, 1.165) is 50.7 Å². The van der Waals surface area contributed by atoms with Gasteiger partial charge in [0.15, 0.2) is 12.4 Å². The summed E-state index contributed by atoms with van der Waals surface area (Å²) in [7, 11) is 0. The second-order valence-corrected chi connectivity index (χ2v) is 13.9. The lowest BCUT2D eigenvalue weighted by Crippen LogP contribution is -2.60. The van der Waals surface area contributed by atoms with Gasteiger partial charge in [-0.1, -0.05) is 74.0 Å². The summed E-state index contributed by atoms with van der Waals surface area (Å²) in [6.45, 7) is 3.36. The summed E-state index contributed by atoms with van der Waals surface area (Å²) >= 11 is 0. The van der Waals surface area contributed by atoms with Crippen LogP contribution >= 0.6 is 0 Å². The van der Waals surface area contributed by atoms with Crippen LogP contribution in [0.15, 0.2) is 78.4 Å². The molecule has 8 rings (SSSR count). The van der Waals surface area contributed by atoms with Crippen LogP contribution in [0.25, 0.3) is 32.3 Å². The van der Waals surface area contributed by atoms with Crippen LogP contribution in [0.4, 0.5) is 0 Å². The van der Waals surface area contributed by atoms with Gasteiger partial charge >= 0.3 is 5.97 Å². The predicted molar refractivity (Wildman–Crippen MR) is 167 cm³/mol. The minimum absolute atomic E-state index is 0.00262. The summed E-state index contributed by atoms with van der Waals surface area (Å²) in [6, 6.07) is 17.8. The van der Waals surface area contributed by atoms with Crippen LogP contribution in [-0.4, -0.2) is 40.6 Å². The average Bonchev–Trinajstić information content (AvgIpc) is 3.29. The van der Waals surface area contributed by atoms with Gasteiger partial charge in [0.2, 0.25) is 5.78 Å². The lowest BCUT2D eigenvalue weighted by Gasteiger charge is -2.56. The van der Waals surface area contributed by atoms with E-state index in [-0.39, 0.29) is 42.2 Å². The quantitative estimate of drug-likeness (QED) is 0.216. The van der Waals surface area contributed by atoms with Crippen molar-refractivity contribution in [1.29, 1.82) is 0 Å². The third-order valence-electron chi connectivity index (χ3n) is 12.0. The number of hydrogen-bond donors (Lipinski definition) is 1. The molecule has 1 N–H and O–H groups in total. The maximum atomic E-state index is 13.9. The number of hydrogen-bond acceptors (Lipinski definition) is 6. The third kappa shape index (κ3) is 3.52. The second-order valence-electron chi connectivity index (χ2n) is 13.9. The van der Waals surface area contributed by atoms with Gasteiger partial charge in [-0.05, 0) is 88.1 Å². The summed E-state index contributed by atoms with van der Waals surface area (Å²) in [5.74, 6) is -1.49. The fourth-order valence-corrected chi connectivity index (χ4v) is 9.73. The average molecular weight is 587 g/mol. The Kier molecular flexibility index (Phi) is 5.71. The molecule has 4 aliphatic rings. The normalized spacial score (nSPS) is 32.9. The lowest BCUT2D eigenvalue weighted by molar-refractivity contribution is -0.169. The van der Waals surface area contributed by atoms with E-state index < -0.39 is 34.8 Å². The molecule has 0 heterocycles. The molecule has 0 spiro atoms. The second kappa shape index (κ2) is 9.18. The van der Waals surface area contributed by atoms with E-state index in [2.05, 4.69) is 18.2 Å². The first-order valence-corrected chi connectivity index (χ1v) is 15.6. The molecule has 3 saturated carbocycles. The molecule has 0 unspecified atom stereocenters. The fourth-order valence-electron chi connectivity index (χ4n) is 9.73. The van der Waals surface area contributed by atoms with Crippen molar-refractivity contribution in [2.75, 3.05) is 6.61 Å². The first-order chi connectivity index (χ1) is 21.0. The molecule has 0 aromatic heterocycles. The van der Waals surface area contributed by atoms with Gasteiger partial charge in [0.05, 0.1) is 5.56 Å². The van der Waals surface area contributed by atoms with Crippen molar-refractivity contribution in [3.8, 4) is 0 Å². The number of carbonyl (C=O) groups excluding carboxylic acids is 4. The topological polar surface area (TPSA) is 97.7 Å². The number of carbonyl (C=O) groups is 4. The predicted octanol–water partition coefficient (Wildman–Crippen LogP) is 6.53. The molecule has 3 fully saturated rings. The Morgan fingerprint density at radius 1 is 0.932 bits per heavy atom. The SMILES string of the molecule is C[C@]12C=CC(=O)C=C1CC[C@@H]1[C@@H]2C(=O)C[C@@]2(C)[C@H]1CC[C@]2(O)C(=O)COC(=O)c1ccc2ccc3cccc4ccc1c2c34. The molecule has 0 aliphatic heterocycles. The molecule has 0 bridgehead atoms. The molecule has 0 saturated heterocycles. The number of ketones is 3. The molecule has 222 valence electrons. The van der Waals surface area contributed by atoms with E-state index >= 15 is 0 Å². The molecule has 6 nitrogen and oxygen atoms in total. The van der Waals surface area contributed by atoms with Crippen molar-refractivity contribution in [3.63, 3.8) is 0 Å². The monoisotopic (exact) mass is 586 g/mol. The zero-order valence-electron chi connectivity index (χ0n) is 24.9. The number of Topliss-reactive ketones (excluding diaryl/α,β-unsaturated/α-hetero) is 2. The van der Waals surface area contributed by atoms with Crippen molar-refractivity contribution in [3.05, 3.63) is 84.0 Å². The summed E-state index contributed by atoms with van der Waals surface area (Å²) in [6.07, 6.45) is 7.53. The number of allylic oxidation sites excluding steroid dienone is 4. The minimum atomic E-state index is -1.77. The Hall–Kier alpha value is -4.16. The Bertz CT molecular complexity index is 1990. The zero-order chi connectivity index (χ0) is 30.6. The van der Waals surface area contributed by atoms with Crippen molar-refractivity contribution in [1.82, 2.24) is 0 Å². The van der Waals surface area contributed by atoms with Gasteiger partial charge in [-0.25, -0.2) is 4.79 Å². The van der Waals surface area contributed by atoms with E-state index in [1.165, 1.54) is 0 Å². The molecule has 4 aliphatic carbocycles. The Morgan fingerprint density at radius 3 is 2.41 bits per heavy atom. The highest BCUT2D eigenvalue weighted by Crippen LogP contribution is 2.66. The molecule has 4 aromatic carbocycles. The summed E-state index contributed by atoms with van der Waals surface area (Å²) in [4.78, 5) is 53.2. The molecule has 6 atom stereocenters. The Labute approximate surface area is 255 Å². The number of ether oxygens (including phenoxy) is 1. The van der Waals surface area contributed by atoms with Gasteiger partial charge in [-0.2, -0.15) is 0 Å². The zero-order valence-corrected chi connectivity index (χ0v) is 24.9. The van der Waals surface area contributed by atoms with Crippen molar-refractivity contribution in [2.24, 2.45) is 28.6 Å². The van der Waals surface area contributed by atoms with Crippen LogP contribution in [-0.2, 0) is 19.1 Å². The van der Waals surface area contributed by atoms with Gasteiger partial charge in [0.25, 0.3) is 0 Å². The Balaban J connectivity index is 1.05. The first-order valence-electron chi connectivity index (χ1n) is 15.6. The smallest absolute Gasteiger partial charge is 0.339 e. The van der Waals surface area contributed by atoms with E-state index in [9.17, 15) is 24.3 Å². The standard InChI is InChI=1S/C38H34O6/c1-36-16-14-25(39)18-24(36)10-13-28-29-15-17-38(43,37(29,2)19-30(40)34(28)36)31(41)20-44-35(42)27-12-9-23-7-6-21-4-3-5-22-8-11-26(27)33(23)32(21)22/h3-9,11-12,14,16,18,28-29,34,43H,10,13,15,17,19-20H2,1-2H3/t28-,29-,34+,36-,37-,38-/m0/s1. The van der Waals surface area contributed by atoms with Crippen LogP contribution in [0.3, 0.4) is 0 Å². The first kappa shape index (κ1) is 27.4. The van der Waals surface area contributed by atoms with Crippen molar-refractivity contribution < 1.29 is 29.0 Å². The highest BCUT2D eigenvalue weighted by Gasteiger charge is 2.68. The number of esters is 1. The summed E-state index contributed by atoms with van der Waals surface area (Å²) in [5.41, 5.74) is -1.85. The number of fused-ring (bicyclic) bond motifs is 5. The van der Waals surface area contributed by atoms with E-state index in [4.69, 9.17) is 4.74 Å². The lowest BCUT2D eigenvalue weighted by atomic mass is 9.46. The van der Waals surface area contributed by atoms with Gasteiger partial charge in [0, 0.05) is 23.2 Å². The van der Waals surface area contributed by atoms with E-state index in [1.807, 2.05) is 50.3 Å². The van der Waals surface area contributed by atoms with Crippen LogP contribution in [0.2, 0.25) is 0 Å². The van der Waals surface area contributed by atoms with Crippen molar-refractivity contribution in [2.45, 2.75) is 51.6 Å².